The molecule has 308 valence electrons. The number of carbonyl (C=O) groups excluding carboxylic acids is 3. The van der Waals surface area contributed by atoms with Crippen LogP contribution in [0.15, 0.2) is 0 Å². The summed E-state index contributed by atoms with van der Waals surface area (Å²) in [5.74, 6) is 0.754. The van der Waals surface area contributed by atoms with Gasteiger partial charge in [-0.2, -0.15) is 0 Å². The lowest BCUT2D eigenvalue weighted by Gasteiger charge is -2.18. The van der Waals surface area contributed by atoms with Gasteiger partial charge in [-0.25, -0.2) is 0 Å². The minimum absolute atomic E-state index is 0.0652. The summed E-state index contributed by atoms with van der Waals surface area (Å²) in [6, 6.07) is 0. The molecule has 0 saturated heterocycles. The summed E-state index contributed by atoms with van der Waals surface area (Å²) in [5.41, 5.74) is 0. The van der Waals surface area contributed by atoms with Crippen LogP contribution in [0, 0.1) is 11.8 Å². The standard InChI is InChI=1S/C46H88O6/c1-6-7-8-9-10-11-16-21-26-31-36-44(47)50-39-43(52-46(49)38-33-28-23-18-13-15-20-25-30-35-42(4)5)40-51-45(48)37-32-27-22-17-12-14-19-24-29-34-41(2)3/h41-43H,6-40H2,1-5H3/t43-/m0/s1. The fraction of sp³-hybridized carbons (Fsp3) is 0.935. The number of esters is 3. The van der Waals surface area contributed by atoms with Crippen LogP contribution >= 0.6 is 0 Å². The van der Waals surface area contributed by atoms with Crippen molar-refractivity contribution in [2.75, 3.05) is 13.2 Å². The van der Waals surface area contributed by atoms with E-state index in [0.717, 1.165) is 69.6 Å². The summed E-state index contributed by atoms with van der Waals surface area (Å²) >= 11 is 0. The molecule has 0 aliphatic heterocycles. The SMILES string of the molecule is CCCCCCCCCCCCC(=O)OC[C@@H](COC(=O)CCCCCCCCCCCC(C)C)OC(=O)CCCCCCCCCCCC(C)C. The molecule has 0 bridgehead atoms. The second kappa shape index (κ2) is 39.1. The van der Waals surface area contributed by atoms with Crippen LogP contribution in [0.5, 0.6) is 0 Å². The van der Waals surface area contributed by atoms with Gasteiger partial charge in [0.05, 0.1) is 0 Å². The van der Waals surface area contributed by atoms with Crippen molar-refractivity contribution in [3.63, 3.8) is 0 Å². The van der Waals surface area contributed by atoms with Gasteiger partial charge in [0.2, 0.25) is 0 Å². The lowest BCUT2D eigenvalue weighted by Crippen LogP contribution is -2.30. The van der Waals surface area contributed by atoms with Crippen molar-refractivity contribution in [2.24, 2.45) is 11.8 Å². The molecule has 0 saturated carbocycles. The summed E-state index contributed by atoms with van der Waals surface area (Å²) in [5, 5.41) is 0. The first kappa shape index (κ1) is 50.4. The molecule has 0 radical (unpaired) electrons. The Bertz CT molecular complexity index is 794. The van der Waals surface area contributed by atoms with Crippen molar-refractivity contribution < 1.29 is 28.6 Å². The molecule has 0 N–H and O–H groups in total. The average molecular weight is 737 g/mol. The largest absolute Gasteiger partial charge is 0.462 e. The molecule has 0 heterocycles. The van der Waals surface area contributed by atoms with E-state index in [1.165, 1.54) is 135 Å². The van der Waals surface area contributed by atoms with E-state index in [1.54, 1.807) is 0 Å². The van der Waals surface area contributed by atoms with E-state index in [9.17, 15) is 14.4 Å². The topological polar surface area (TPSA) is 78.9 Å². The molecular formula is C46H88O6. The Kier molecular flexibility index (Phi) is 37.9. The number of hydrogen-bond donors (Lipinski definition) is 0. The highest BCUT2D eigenvalue weighted by Gasteiger charge is 2.19. The van der Waals surface area contributed by atoms with Crippen molar-refractivity contribution >= 4 is 17.9 Å². The number of hydrogen-bond acceptors (Lipinski definition) is 6. The highest BCUT2D eigenvalue weighted by Crippen LogP contribution is 2.16. The Morgan fingerprint density at radius 1 is 0.365 bits per heavy atom. The average Bonchev–Trinajstić information content (AvgIpc) is 3.11. The van der Waals surface area contributed by atoms with Crippen LogP contribution in [0.3, 0.4) is 0 Å². The highest BCUT2D eigenvalue weighted by molar-refractivity contribution is 5.71. The molecule has 52 heavy (non-hydrogen) atoms. The van der Waals surface area contributed by atoms with Gasteiger partial charge in [0, 0.05) is 19.3 Å². The molecule has 0 aliphatic rings. The van der Waals surface area contributed by atoms with Crippen LogP contribution in [0.2, 0.25) is 0 Å². The minimum Gasteiger partial charge on any atom is -0.462 e. The van der Waals surface area contributed by atoms with Crippen LogP contribution in [0.1, 0.15) is 247 Å². The molecule has 0 amide bonds. The maximum absolute atomic E-state index is 12.7. The molecule has 6 heteroatoms. The lowest BCUT2D eigenvalue weighted by molar-refractivity contribution is -0.167. The zero-order chi connectivity index (χ0) is 38.3. The van der Waals surface area contributed by atoms with Gasteiger partial charge in [-0.05, 0) is 31.1 Å². The first-order valence-corrected chi connectivity index (χ1v) is 22.7. The smallest absolute Gasteiger partial charge is 0.306 e. The van der Waals surface area contributed by atoms with Gasteiger partial charge in [-0.15, -0.1) is 0 Å². The van der Waals surface area contributed by atoms with Gasteiger partial charge in [0.1, 0.15) is 13.2 Å². The van der Waals surface area contributed by atoms with Crippen LogP contribution < -0.4 is 0 Å². The van der Waals surface area contributed by atoms with Gasteiger partial charge < -0.3 is 14.2 Å². The summed E-state index contributed by atoms with van der Waals surface area (Å²) in [6.07, 6.45) is 36.6. The number of unbranched alkanes of at least 4 members (excludes halogenated alkanes) is 25. The molecule has 0 fully saturated rings. The molecular weight excluding hydrogens is 648 g/mol. The normalized spacial score (nSPS) is 12.1. The molecule has 6 nitrogen and oxygen atoms in total. The molecule has 0 aromatic carbocycles. The third-order valence-corrected chi connectivity index (χ3v) is 10.2. The second-order valence-electron chi connectivity index (χ2n) is 16.6. The molecule has 0 spiro atoms. The zero-order valence-electron chi connectivity index (χ0n) is 35.4. The number of ether oxygens (including phenoxy) is 3. The first-order chi connectivity index (χ1) is 25.2. The van der Waals surface area contributed by atoms with Crippen molar-refractivity contribution in [1.29, 1.82) is 0 Å². The highest BCUT2D eigenvalue weighted by atomic mass is 16.6. The quantitative estimate of drug-likeness (QED) is 0.0354. The van der Waals surface area contributed by atoms with Gasteiger partial charge in [-0.3, -0.25) is 14.4 Å². The summed E-state index contributed by atoms with van der Waals surface area (Å²) < 4.78 is 16.7. The van der Waals surface area contributed by atoms with Gasteiger partial charge in [0.25, 0.3) is 0 Å². The predicted octanol–water partition coefficient (Wildman–Crippen LogP) is 14.2. The van der Waals surface area contributed by atoms with Crippen molar-refractivity contribution in [3.8, 4) is 0 Å². The maximum atomic E-state index is 12.7. The van der Waals surface area contributed by atoms with Crippen molar-refractivity contribution in [1.82, 2.24) is 0 Å². The van der Waals surface area contributed by atoms with Crippen LogP contribution in [-0.4, -0.2) is 37.2 Å². The summed E-state index contributed by atoms with van der Waals surface area (Å²) in [4.78, 5) is 37.7. The van der Waals surface area contributed by atoms with E-state index < -0.39 is 6.10 Å². The molecule has 0 rings (SSSR count). The van der Waals surface area contributed by atoms with E-state index in [-0.39, 0.29) is 31.1 Å². The lowest BCUT2D eigenvalue weighted by atomic mass is 10.0. The summed E-state index contributed by atoms with van der Waals surface area (Å²) in [7, 11) is 0. The maximum Gasteiger partial charge on any atom is 0.306 e. The molecule has 0 aromatic heterocycles. The first-order valence-electron chi connectivity index (χ1n) is 22.7. The third-order valence-electron chi connectivity index (χ3n) is 10.2. The summed E-state index contributed by atoms with van der Waals surface area (Å²) in [6.45, 7) is 11.3. The van der Waals surface area contributed by atoms with E-state index >= 15 is 0 Å². The molecule has 1 atom stereocenters. The third kappa shape index (κ3) is 39.6. The van der Waals surface area contributed by atoms with Gasteiger partial charge in [-0.1, -0.05) is 208 Å². The number of carbonyl (C=O) groups is 3. The fourth-order valence-corrected chi connectivity index (χ4v) is 6.75. The molecule has 0 unspecified atom stereocenters. The van der Waals surface area contributed by atoms with Crippen LogP contribution in [0.4, 0.5) is 0 Å². The fourth-order valence-electron chi connectivity index (χ4n) is 6.75. The Labute approximate surface area is 323 Å². The van der Waals surface area contributed by atoms with Gasteiger partial charge >= 0.3 is 17.9 Å². The zero-order valence-corrected chi connectivity index (χ0v) is 35.4. The Hall–Kier alpha value is -1.59. The Morgan fingerprint density at radius 3 is 0.942 bits per heavy atom. The van der Waals surface area contributed by atoms with Crippen molar-refractivity contribution in [2.45, 2.75) is 253 Å². The molecule has 0 aliphatic carbocycles. The van der Waals surface area contributed by atoms with Crippen molar-refractivity contribution in [3.05, 3.63) is 0 Å². The molecule has 0 aromatic rings. The monoisotopic (exact) mass is 737 g/mol. The van der Waals surface area contributed by atoms with E-state index in [0.29, 0.717) is 19.3 Å². The minimum atomic E-state index is -0.760. The van der Waals surface area contributed by atoms with E-state index in [2.05, 4.69) is 34.6 Å². The second-order valence-corrected chi connectivity index (χ2v) is 16.6. The van der Waals surface area contributed by atoms with Crippen LogP contribution in [-0.2, 0) is 28.6 Å². The van der Waals surface area contributed by atoms with Crippen LogP contribution in [0.25, 0.3) is 0 Å². The number of rotatable bonds is 40. The predicted molar refractivity (Wildman–Crippen MR) is 220 cm³/mol. The van der Waals surface area contributed by atoms with E-state index in [1.807, 2.05) is 0 Å². The van der Waals surface area contributed by atoms with E-state index in [4.69, 9.17) is 14.2 Å². The Balaban J connectivity index is 4.34. The Morgan fingerprint density at radius 2 is 0.635 bits per heavy atom. The van der Waals surface area contributed by atoms with Gasteiger partial charge in [0.15, 0.2) is 6.10 Å².